The van der Waals surface area contributed by atoms with Gasteiger partial charge in [-0.1, -0.05) is 35.9 Å². The van der Waals surface area contributed by atoms with Crippen LogP contribution in [-0.4, -0.2) is 22.7 Å². The minimum absolute atomic E-state index is 0.0107. The standard InChI is InChI=1S/C29H28ClN3O5S2/c1-18-5-6-20(3)27(15-18)33-40(37,38)28-16-22(9-7-21(28)4)29(34)31-23-11-13-25(14-12-23)39(35,36)32-24-10-8-19(2)26(30)17-24/h5-17,32-33H,1-4H3,(H,31,34). The summed E-state index contributed by atoms with van der Waals surface area (Å²) < 4.78 is 57.1. The second-order valence-corrected chi connectivity index (χ2v) is 13.2. The Bertz CT molecular complexity index is 1820. The van der Waals surface area contributed by atoms with Crippen molar-refractivity contribution in [1.82, 2.24) is 0 Å². The molecule has 4 rings (SSSR count). The van der Waals surface area contributed by atoms with Crippen LogP contribution in [0, 0.1) is 27.7 Å². The predicted molar refractivity (Wildman–Crippen MR) is 159 cm³/mol. The highest BCUT2D eigenvalue weighted by molar-refractivity contribution is 7.93. The summed E-state index contributed by atoms with van der Waals surface area (Å²) in [5.41, 5.74) is 4.22. The molecule has 0 aliphatic carbocycles. The van der Waals surface area contributed by atoms with Crippen LogP contribution >= 0.6 is 11.6 Å². The molecule has 4 aromatic carbocycles. The minimum Gasteiger partial charge on any atom is -0.322 e. The molecule has 0 aromatic heterocycles. The Morgan fingerprint density at radius 3 is 1.95 bits per heavy atom. The molecule has 40 heavy (non-hydrogen) atoms. The van der Waals surface area contributed by atoms with E-state index in [9.17, 15) is 21.6 Å². The van der Waals surface area contributed by atoms with E-state index in [1.54, 1.807) is 38.1 Å². The predicted octanol–water partition coefficient (Wildman–Crippen LogP) is 6.43. The van der Waals surface area contributed by atoms with E-state index < -0.39 is 26.0 Å². The maximum absolute atomic E-state index is 13.2. The Labute approximate surface area is 239 Å². The highest BCUT2D eigenvalue weighted by Gasteiger charge is 2.21. The second-order valence-electron chi connectivity index (χ2n) is 9.45. The number of amides is 1. The van der Waals surface area contributed by atoms with Crippen molar-refractivity contribution < 1.29 is 21.6 Å². The zero-order valence-corrected chi connectivity index (χ0v) is 24.6. The maximum Gasteiger partial charge on any atom is 0.262 e. The molecule has 0 aliphatic rings. The third kappa shape index (κ3) is 6.64. The van der Waals surface area contributed by atoms with Crippen LogP contribution in [-0.2, 0) is 20.0 Å². The Morgan fingerprint density at radius 1 is 0.650 bits per heavy atom. The van der Waals surface area contributed by atoms with Gasteiger partial charge in [0.05, 0.1) is 21.2 Å². The first kappa shape index (κ1) is 29.1. The SMILES string of the molecule is Cc1ccc(C)c(NS(=O)(=O)c2cc(C(=O)Nc3ccc(S(=O)(=O)Nc4ccc(C)c(Cl)c4)cc3)ccc2C)c1. The zero-order chi connectivity index (χ0) is 29.2. The third-order valence-electron chi connectivity index (χ3n) is 6.22. The number of carbonyl (C=O) groups is 1. The average Bonchev–Trinajstić information content (AvgIpc) is 2.88. The van der Waals surface area contributed by atoms with E-state index in [4.69, 9.17) is 11.6 Å². The van der Waals surface area contributed by atoms with Crippen molar-refractivity contribution in [3.8, 4) is 0 Å². The molecule has 3 N–H and O–H groups in total. The summed E-state index contributed by atoms with van der Waals surface area (Å²) in [6.07, 6.45) is 0. The number of aryl methyl sites for hydroxylation is 4. The van der Waals surface area contributed by atoms with Crippen molar-refractivity contribution in [2.45, 2.75) is 37.5 Å². The molecule has 0 radical (unpaired) electrons. The van der Waals surface area contributed by atoms with Gasteiger partial charge in [-0.25, -0.2) is 16.8 Å². The van der Waals surface area contributed by atoms with Crippen LogP contribution in [0.5, 0.6) is 0 Å². The lowest BCUT2D eigenvalue weighted by Gasteiger charge is -2.14. The number of hydrogen-bond donors (Lipinski definition) is 3. The molecule has 4 aromatic rings. The van der Waals surface area contributed by atoms with Gasteiger partial charge in [-0.3, -0.25) is 14.2 Å². The number of carbonyl (C=O) groups excluding carboxylic acids is 1. The fourth-order valence-corrected chi connectivity index (χ4v) is 6.49. The van der Waals surface area contributed by atoms with Gasteiger partial charge in [-0.2, -0.15) is 0 Å². The summed E-state index contributed by atoms with van der Waals surface area (Å²) in [4.78, 5) is 12.9. The lowest BCUT2D eigenvalue weighted by molar-refractivity contribution is 0.102. The van der Waals surface area contributed by atoms with Crippen LogP contribution in [0.1, 0.15) is 32.6 Å². The summed E-state index contributed by atoms with van der Waals surface area (Å²) in [6.45, 7) is 7.13. The van der Waals surface area contributed by atoms with Gasteiger partial charge in [0.2, 0.25) is 0 Å². The van der Waals surface area contributed by atoms with Gasteiger partial charge in [0.15, 0.2) is 0 Å². The van der Waals surface area contributed by atoms with Crippen LogP contribution in [0.25, 0.3) is 0 Å². The number of rotatable bonds is 8. The Hall–Kier alpha value is -3.86. The Morgan fingerprint density at radius 2 is 1.27 bits per heavy atom. The summed E-state index contributed by atoms with van der Waals surface area (Å²) in [5.74, 6) is -0.550. The fourth-order valence-electron chi connectivity index (χ4n) is 3.87. The number of sulfonamides is 2. The van der Waals surface area contributed by atoms with Crippen LogP contribution < -0.4 is 14.8 Å². The Kier molecular flexibility index (Phi) is 8.25. The average molecular weight is 598 g/mol. The van der Waals surface area contributed by atoms with Crippen LogP contribution in [0.2, 0.25) is 5.02 Å². The van der Waals surface area contributed by atoms with Crippen molar-refractivity contribution in [1.29, 1.82) is 0 Å². The first-order chi connectivity index (χ1) is 18.7. The van der Waals surface area contributed by atoms with E-state index >= 15 is 0 Å². The van der Waals surface area contributed by atoms with E-state index in [2.05, 4.69) is 14.8 Å². The molecular formula is C29H28ClN3O5S2. The molecule has 0 aliphatic heterocycles. The molecule has 8 nitrogen and oxygen atoms in total. The highest BCUT2D eigenvalue weighted by atomic mass is 35.5. The first-order valence-corrected chi connectivity index (χ1v) is 15.5. The van der Waals surface area contributed by atoms with Crippen molar-refractivity contribution >= 4 is 54.6 Å². The lowest BCUT2D eigenvalue weighted by Crippen LogP contribution is -2.18. The molecule has 0 saturated heterocycles. The van der Waals surface area contributed by atoms with Gasteiger partial charge < -0.3 is 5.32 Å². The van der Waals surface area contributed by atoms with E-state index in [0.717, 1.165) is 16.7 Å². The summed E-state index contributed by atoms with van der Waals surface area (Å²) in [7, 11) is -7.87. The first-order valence-electron chi connectivity index (χ1n) is 12.2. The van der Waals surface area contributed by atoms with E-state index in [1.165, 1.54) is 42.5 Å². The van der Waals surface area contributed by atoms with Crippen LogP contribution in [0.3, 0.4) is 0 Å². The number of nitrogens with one attached hydrogen (secondary N) is 3. The van der Waals surface area contributed by atoms with Gasteiger partial charge in [0, 0.05) is 16.3 Å². The molecular weight excluding hydrogens is 570 g/mol. The second kappa shape index (κ2) is 11.3. The molecule has 11 heteroatoms. The fraction of sp³-hybridized carbons (Fsp3) is 0.138. The molecule has 0 heterocycles. The molecule has 0 bridgehead atoms. The van der Waals surface area contributed by atoms with Gasteiger partial charge in [0.1, 0.15) is 0 Å². The van der Waals surface area contributed by atoms with Crippen molar-refractivity contribution in [3.05, 3.63) is 112 Å². The summed E-state index contributed by atoms with van der Waals surface area (Å²) in [5, 5.41) is 3.11. The van der Waals surface area contributed by atoms with E-state index in [1.807, 2.05) is 26.0 Å². The number of anilines is 3. The van der Waals surface area contributed by atoms with Crippen LogP contribution in [0.15, 0.2) is 88.7 Å². The Balaban J connectivity index is 1.51. The summed E-state index contributed by atoms with van der Waals surface area (Å²) in [6, 6.07) is 20.3. The molecule has 0 unspecified atom stereocenters. The topological polar surface area (TPSA) is 121 Å². The largest absolute Gasteiger partial charge is 0.322 e. The molecule has 0 saturated carbocycles. The quantitative estimate of drug-likeness (QED) is 0.216. The monoisotopic (exact) mass is 597 g/mol. The molecule has 1 amide bonds. The van der Waals surface area contributed by atoms with Gasteiger partial charge in [-0.05, 0) is 105 Å². The summed E-state index contributed by atoms with van der Waals surface area (Å²) >= 11 is 6.09. The van der Waals surface area contributed by atoms with Gasteiger partial charge in [0.25, 0.3) is 26.0 Å². The number of halogens is 1. The lowest BCUT2D eigenvalue weighted by atomic mass is 10.1. The van der Waals surface area contributed by atoms with E-state index in [-0.39, 0.29) is 15.4 Å². The number of hydrogen-bond acceptors (Lipinski definition) is 5. The van der Waals surface area contributed by atoms with Gasteiger partial charge in [-0.15, -0.1) is 0 Å². The smallest absolute Gasteiger partial charge is 0.262 e. The van der Waals surface area contributed by atoms with Gasteiger partial charge >= 0.3 is 0 Å². The van der Waals surface area contributed by atoms with Crippen molar-refractivity contribution in [2.24, 2.45) is 0 Å². The normalized spacial score (nSPS) is 11.6. The highest BCUT2D eigenvalue weighted by Crippen LogP contribution is 2.26. The molecule has 0 spiro atoms. The minimum atomic E-state index is -3.98. The van der Waals surface area contributed by atoms with E-state index in [0.29, 0.717) is 27.6 Å². The molecule has 208 valence electrons. The molecule has 0 atom stereocenters. The number of benzene rings is 4. The van der Waals surface area contributed by atoms with Crippen molar-refractivity contribution in [3.63, 3.8) is 0 Å². The van der Waals surface area contributed by atoms with Crippen LogP contribution in [0.4, 0.5) is 17.1 Å². The zero-order valence-electron chi connectivity index (χ0n) is 22.2. The third-order valence-corrected chi connectivity index (χ3v) is 9.54. The van der Waals surface area contributed by atoms with Crippen molar-refractivity contribution in [2.75, 3.05) is 14.8 Å². The maximum atomic E-state index is 13.2. The molecule has 0 fully saturated rings.